The van der Waals surface area contributed by atoms with Gasteiger partial charge in [-0.3, -0.25) is 0 Å². The Bertz CT molecular complexity index is 1000. The van der Waals surface area contributed by atoms with E-state index in [1.165, 1.54) is 16.8 Å². The maximum atomic E-state index is 9.70. The fraction of sp³-hybridized carbons (Fsp3) is 0.320. The Morgan fingerprint density at radius 2 is 1.79 bits per heavy atom. The first-order valence-corrected chi connectivity index (χ1v) is 10.0. The lowest BCUT2D eigenvalue weighted by atomic mass is 9.85. The summed E-state index contributed by atoms with van der Waals surface area (Å²) in [5, 5.41) is 10.4. The third-order valence-electron chi connectivity index (χ3n) is 5.35. The van der Waals surface area contributed by atoms with Crippen molar-refractivity contribution in [3.8, 4) is 6.07 Å². The zero-order valence-electron chi connectivity index (χ0n) is 17.5. The maximum Gasteiger partial charge on any atom is 0.0998 e. The highest BCUT2D eigenvalue weighted by atomic mass is 35.5. The van der Waals surface area contributed by atoms with Crippen molar-refractivity contribution in [2.45, 2.75) is 53.1 Å². The van der Waals surface area contributed by atoms with Gasteiger partial charge < -0.3 is 4.90 Å². The van der Waals surface area contributed by atoms with Gasteiger partial charge in [-0.15, -0.1) is 0 Å². The van der Waals surface area contributed by atoms with Gasteiger partial charge in [0.25, 0.3) is 0 Å². The number of nitrogens with zero attached hydrogens (tertiary/aromatic N) is 2. The lowest BCUT2D eigenvalue weighted by Crippen LogP contribution is -2.49. The van der Waals surface area contributed by atoms with Gasteiger partial charge in [-0.25, -0.2) is 0 Å². The van der Waals surface area contributed by atoms with E-state index >= 15 is 0 Å². The van der Waals surface area contributed by atoms with Gasteiger partial charge in [-0.1, -0.05) is 29.8 Å². The molecule has 0 aromatic heterocycles. The number of anilines is 1. The number of hydrogen-bond acceptors (Lipinski definition) is 2. The molecule has 0 aliphatic carbocycles. The summed E-state index contributed by atoms with van der Waals surface area (Å²) in [6, 6.07) is 14.6. The summed E-state index contributed by atoms with van der Waals surface area (Å²) in [5.74, 6) is 0. The zero-order chi connectivity index (χ0) is 20.6. The summed E-state index contributed by atoms with van der Waals surface area (Å²) >= 11 is 5.99. The van der Waals surface area contributed by atoms with E-state index in [1.54, 1.807) is 0 Å². The largest absolute Gasteiger partial charge is 0.360 e. The maximum absolute atomic E-state index is 9.70. The molecule has 0 amide bonds. The van der Waals surface area contributed by atoms with Crippen LogP contribution in [0.2, 0.25) is 5.02 Å². The van der Waals surface area contributed by atoms with Crippen molar-refractivity contribution in [3.63, 3.8) is 0 Å². The van der Waals surface area contributed by atoms with Crippen LogP contribution in [-0.4, -0.2) is 11.6 Å². The highest BCUT2D eigenvalue weighted by molar-refractivity contribution is 6.30. The Labute approximate surface area is 173 Å². The lowest BCUT2D eigenvalue weighted by molar-refractivity contribution is 0.507. The van der Waals surface area contributed by atoms with Crippen molar-refractivity contribution in [1.29, 1.82) is 5.26 Å². The van der Waals surface area contributed by atoms with Gasteiger partial charge in [0.1, 0.15) is 0 Å². The number of aryl methyl sites for hydroxylation is 1. The Morgan fingerprint density at radius 3 is 2.36 bits per heavy atom. The van der Waals surface area contributed by atoms with Crippen molar-refractivity contribution in [1.82, 2.24) is 0 Å². The summed E-state index contributed by atoms with van der Waals surface area (Å²) < 4.78 is 0. The number of halogens is 1. The van der Waals surface area contributed by atoms with Gasteiger partial charge >= 0.3 is 0 Å². The molecule has 2 aromatic rings. The van der Waals surface area contributed by atoms with Gasteiger partial charge in [-0.05, 0) is 94.1 Å². The van der Waals surface area contributed by atoms with Gasteiger partial charge in [0.15, 0.2) is 0 Å². The second-order valence-corrected chi connectivity index (χ2v) is 8.78. The molecule has 144 valence electrons. The molecule has 0 spiro atoms. The van der Waals surface area contributed by atoms with E-state index in [0.29, 0.717) is 16.6 Å². The van der Waals surface area contributed by atoms with Gasteiger partial charge in [0.05, 0.1) is 17.2 Å². The molecular formula is C25H27ClN2. The van der Waals surface area contributed by atoms with Crippen LogP contribution in [0.4, 0.5) is 5.69 Å². The molecule has 28 heavy (non-hydrogen) atoms. The molecule has 0 saturated carbocycles. The molecule has 1 aliphatic heterocycles. The molecular weight excluding hydrogens is 364 g/mol. The molecule has 0 fully saturated rings. The lowest BCUT2D eigenvalue weighted by Gasteiger charge is -2.46. The minimum Gasteiger partial charge on any atom is -0.360 e. The van der Waals surface area contributed by atoms with Crippen LogP contribution < -0.4 is 4.90 Å². The quantitative estimate of drug-likeness (QED) is 0.412. The summed E-state index contributed by atoms with van der Waals surface area (Å²) in [4.78, 5) is 2.47. The number of nitriles is 1. The molecule has 0 unspecified atom stereocenters. The summed E-state index contributed by atoms with van der Waals surface area (Å²) in [6.07, 6.45) is 4.31. The number of benzene rings is 2. The zero-order valence-corrected chi connectivity index (χ0v) is 18.2. The monoisotopic (exact) mass is 390 g/mol. The summed E-state index contributed by atoms with van der Waals surface area (Å²) in [7, 11) is 0. The van der Waals surface area contributed by atoms with Crippen LogP contribution >= 0.6 is 11.6 Å². The molecule has 3 heteroatoms. The summed E-state index contributed by atoms with van der Waals surface area (Å²) in [5.41, 5.74) is 7.49. The van der Waals surface area contributed by atoms with Crippen molar-refractivity contribution >= 4 is 34.5 Å². The number of fused-ring (bicyclic) bond motifs is 1. The Morgan fingerprint density at radius 1 is 1.14 bits per heavy atom. The molecule has 0 radical (unpaired) electrons. The van der Waals surface area contributed by atoms with Crippen molar-refractivity contribution < 1.29 is 0 Å². The molecule has 0 N–H and O–H groups in total. The van der Waals surface area contributed by atoms with Crippen molar-refractivity contribution in [2.75, 3.05) is 4.90 Å². The topological polar surface area (TPSA) is 27.0 Å². The second-order valence-electron chi connectivity index (χ2n) is 8.35. The Hall–Kier alpha value is -2.50. The third kappa shape index (κ3) is 3.73. The molecule has 0 saturated heterocycles. The second kappa shape index (κ2) is 7.49. The van der Waals surface area contributed by atoms with Gasteiger partial charge in [0.2, 0.25) is 0 Å². The molecule has 1 heterocycles. The minimum atomic E-state index is -0.0316. The summed E-state index contributed by atoms with van der Waals surface area (Å²) in [6.45, 7) is 13.3. The molecule has 0 atom stereocenters. The first-order valence-electron chi connectivity index (χ1n) is 9.65. The van der Waals surface area contributed by atoms with Crippen LogP contribution in [-0.2, 0) is 0 Å². The number of rotatable bonds is 3. The van der Waals surface area contributed by atoms with Crippen LogP contribution in [0.5, 0.6) is 0 Å². The van der Waals surface area contributed by atoms with Crippen molar-refractivity contribution in [2.24, 2.45) is 0 Å². The SMILES string of the molecule is CC1=CC(C)(C)N(C(C)C)c2cc(C)c(/C=C(/C#N)c3ccc(Cl)cc3)cc21. The smallest absolute Gasteiger partial charge is 0.0998 e. The Balaban J connectivity index is 2.15. The fourth-order valence-electron chi connectivity index (χ4n) is 4.28. The Kier molecular flexibility index (Phi) is 5.41. The van der Waals surface area contributed by atoms with Gasteiger partial charge in [0, 0.05) is 22.3 Å². The highest BCUT2D eigenvalue weighted by Gasteiger charge is 2.33. The van der Waals surface area contributed by atoms with Crippen LogP contribution in [0.3, 0.4) is 0 Å². The minimum absolute atomic E-state index is 0.0316. The van der Waals surface area contributed by atoms with Crippen LogP contribution in [0.15, 0.2) is 42.5 Å². The predicted molar refractivity (Wildman–Crippen MR) is 121 cm³/mol. The van der Waals surface area contributed by atoms with E-state index in [4.69, 9.17) is 11.6 Å². The first-order chi connectivity index (χ1) is 13.1. The number of hydrogen-bond donors (Lipinski definition) is 0. The standard InChI is InChI=1S/C25H27ClN2/c1-16(2)28-24-11-17(3)20(13-23(24)18(4)14-25(28,5)6)12-21(15-27)19-7-9-22(26)10-8-19/h7-14,16H,1-6H3/b21-12-. The third-order valence-corrected chi connectivity index (χ3v) is 5.60. The fourth-order valence-corrected chi connectivity index (χ4v) is 4.40. The van der Waals surface area contributed by atoms with Crippen LogP contribution in [0.1, 0.15) is 56.9 Å². The predicted octanol–water partition coefficient (Wildman–Crippen LogP) is 7.12. The molecule has 0 bridgehead atoms. The normalized spacial score (nSPS) is 15.9. The molecule has 2 nitrogen and oxygen atoms in total. The van der Waals surface area contributed by atoms with E-state index in [1.807, 2.05) is 30.3 Å². The molecule has 3 rings (SSSR count). The average molecular weight is 391 g/mol. The highest BCUT2D eigenvalue weighted by Crippen LogP contribution is 2.42. The van der Waals surface area contributed by atoms with Crippen molar-refractivity contribution in [3.05, 3.63) is 69.8 Å². The van der Waals surface area contributed by atoms with E-state index < -0.39 is 0 Å². The van der Waals surface area contributed by atoms with Gasteiger partial charge in [-0.2, -0.15) is 5.26 Å². The van der Waals surface area contributed by atoms with E-state index in [0.717, 1.165) is 16.7 Å². The molecule has 1 aliphatic rings. The first kappa shape index (κ1) is 20.2. The number of allylic oxidation sites excluding steroid dienone is 2. The van der Waals surface area contributed by atoms with E-state index in [-0.39, 0.29) is 5.54 Å². The van der Waals surface area contributed by atoms with E-state index in [9.17, 15) is 5.26 Å². The van der Waals surface area contributed by atoms with E-state index in [2.05, 4.69) is 70.7 Å². The van der Waals surface area contributed by atoms with Crippen LogP contribution in [0, 0.1) is 18.3 Å². The average Bonchev–Trinajstić information content (AvgIpc) is 2.60. The van der Waals surface area contributed by atoms with Crippen LogP contribution in [0.25, 0.3) is 17.2 Å². The molecule has 2 aromatic carbocycles.